The molecule has 1 aliphatic rings. The van der Waals surface area contributed by atoms with Crippen LogP contribution in [0.5, 0.6) is 5.75 Å². The Morgan fingerprint density at radius 3 is 2.59 bits per heavy atom. The number of rotatable bonds is 8. The van der Waals surface area contributed by atoms with E-state index in [1.807, 2.05) is 36.4 Å². The quantitative estimate of drug-likeness (QED) is 0.728. The molecule has 0 aromatic heterocycles. The number of nitrogens with zero attached hydrogens (tertiary/aromatic N) is 2. The fourth-order valence-corrected chi connectivity index (χ4v) is 2.91. The normalized spacial score (nSPS) is 16.3. The Bertz CT molecular complexity index is 799. The van der Waals surface area contributed by atoms with Crippen LogP contribution in [0.3, 0.4) is 0 Å². The van der Waals surface area contributed by atoms with Crippen molar-refractivity contribution >= 4 is 5.71 Å². The number of allylic oxidation sites excluding steroid dienone is 1. The van der Waals surface area contributed by atoms with Crippen LogP contribution in [0.2, 0.25) is 0 Å². The molecule has 1 unspecified atom stereocenters. The highest BCUT2D eigenvalue weighted by Gasteiger charge is 2.10. The molecule has 0 saturated carbocycles. The number of aryl methyl sites for hydroxylation is 1. The smallest absolute Gasteiger partial charge is 0.173 e. The third-order valence-corrected chi connectivity index (χ3v) is 4.56. The van der Waals surface area contributed by atoms with Crippen LogP contribution in [0.15, 0.2) is 65.8 Å². The number of aliphatic imine (C=N–C) groups is 1. The minimum Gasteiger partial charge on any atom is -0.491 e. The van der Waals surface area contributed by atoms with Crippen molar-refractivity contribution in [3.8, 4) is 16.9 Å². The third kappa shape index (κ3) is 5.42. The minimum atomic E-state index is -0.277. The summed E-state index contributed by atoms with van der Waals surface area (Å²) in [6.07, 6.45) is 5.57. The summed E-state index contributed by atoms with van der Waals surface area (Å²) in [7, 11) is 3.60. The van der Waals surface area contributed by atoms with Crippen LogP contribution < -0.4 is 10.5 Å². The van der Waals surface area contributed by atoms with E-state index in [9.17, 15) is 0 Å². The van der Waals surface area contributed by atoms with Gasteiger partial charge in [-0.3, -0.25) is 10.7 Å². The highest BCUT2D eigenvalue weighted by atomic mass is 16.5. The average Bonchev–Trinajstić information content (AvgIpc) is 2.70. The van der Waals surface area contributed by atoms with Gasteiger partial charge in [0.1, 0.15) is 12.4 Å². The van der Waals surface area contributed by atoms with Crippen molar-refractivity contribution in [2.75, 3.05) is 27.4 Å². The zero-order valence-corrected chi connectivity index (χ0v) is 16.0. The lowest BCUT2D eigenvalue weighted by Gasteiger charge is -2.23. The molecule has 1 atom stereocenters. The van der Waals surface area contributed by atoms with Crippen LogP contribution in [0, 0.1) is 0 Å². The van der Waals surface area contributed by atoms with Crippen molar-refractivity contribution in [3.63, 3.8) is 0 Å². The van der Waals surface area contributed by atoms with Crippen LogP contribution in [0.1, 0.15) is 12.0 Å². The molecule has 27 heavy (non-hydrogen) atoms. The van der Waals surface area contributed by atoms with Crippen molar-refractivity contribution in [2.45, 2.75) is 19.1 Å². The van der Waals surface area contributed by atoms with Gasteiger partial charge in [0.15, 0.2) is 6.29 Å². The van der Waals surface area contributed by atoms with Gasteiger partial charge in [-0.05, 0) is 47.7 Å². The predicted molar refractivity (Wildman–Crippen MR) is 110 cm³/mol. The Kier molecular flexibility index (Phi) is 6.63. The number of ether oxygens (including phenoxy) is 2. The van der Waals surface area contributed by atoms with Gasteiger partial charge in [0.05, 0.1) is 6.61 Å². The van der Waals surface area contributed by atoms with E-state index in [0.29, 0.717) is 13.2 Å². The zero-order valence-electron chi connectivity index (χ0n) is 16.0. The molecular weight excluding hydrogens is 338 g/mol. The molecule has 1 heterocycles. The average molecular weight is 365 g/mol. The number of methoxy groups -OCH3 is 1. The number of benzene rings is 2. The molecule has 2 N–H and O–H groups in total. The first-order valence-corrected chi connectivity index (χ1v) is 9.19. The van der Waals surface area contributed by atoms with Gasteiger partial charge in [-0.15, -0.1) is 0 Å². The molecule has 0 radical (unpaired) electrons. The van der Waals surface area contributed by atoms with E-state index in [1.54, 1.807) is 7.11 Å². The molecule has 0 fully saturated rings. The maximum atomic E-state index is 5.96. The van der Waals surface area contributed by atoms with Gasteiger partial charge in [0.2, 0.25) is 0 Å². The summed E-state index contributed by atoms with van der Waals surface area (Å²) >= 11 is 0. The Morgan fingerprint density at radius 1 is 1.04 bits per heavy atom. The van der Waals surface area contributed by atoms with E-state index < -0.39 is 0 Å². The fraction of sp³-hybridized carbons (Fsp3) is 0.318. The topological polar surface area (TPSA) is 60.1 Å². The molecule has 0 aliphatic carbocycles. The van der Waals surface area contributed by atoms with Crippen LogP contribution in [-0.2, 0) is 11.2 Å². The van der Waals surface area contributed by atoms with Crippen LogP contribution >= 0.6 is 0 Å². The Balaban J connectivity index is 1.62. The predicted octanol–water partition coefficient (Wildman–Crippen LogP) is 3.45. The van der Waals surface area contributed by atoms with E-state index in [4.69, 9.17) is 15.2 Å². The second kappa shape index (κ2) is 9.35. The summed E-state index contributed by atoms with van der Waals surface area (Å²) in [5.41, 5.74) is 10.7. The highest BCUT2D eigenvalue weighted by molar-refractivity contribution is 5.95. The van der Waals surface area contributed by atoms with E-state index in [1.165, 1.54) is 16.7 Å². The second-order valence-electron chi connectivity index (χ2n) is 6.58. The monoisotopic (exact) mass is 365 g/mol. The van der Waals surface area contributed by atoms with Gasteiger partial charge in [-0.2, -0.15) is 0 Å². The molecule has 1 aliphatic heterocycles. The maximum absolute atomic E-state index is 5.96. The minimum absolute atomic E-state index is 0.277. The first-order valence-electron chi connectivity index (χ1n) is 9.19. The molecular formula is C22H27N3O2. The Morgan fingerprint density at radius 2 is 1.85 bits per heavy atom. The summed E-state index contributed by atoms with van der Waals surface area (Å²) < 4.78 is 10.6. The fourth-order valence-electron chi connectivity index (χ4n) is 2.91. The first kappa shape index (κ1) is 19.1. The van der Waals surface area contributed by atoms with Gasteiger partial charge in [0.25, 0.3) is 0 Å². The molecule has 3 rings (SSSR count). The summed E-state index contributed by atoms with van der Waals surface area (Å²) in [6.45, 7) is 1.15. The molecule has 2 aromatic rings. The lowest BCUT2D eigenvalue weighted by Crippen LogP contribution is -2.36. The summed E-state index contributed by atoms with van der Waals surface area (Å²) in [4.78, 5) is 6.41. The molecule has 0 spiro atoms. The summed E-state index contributed by atoms with van der Waals surface area (Å²) in [5, 5.41) is 0. The first-order chi connectivity index (χ1) is 13.2. The second-order valence-corrected chi connectivity index (χ2v) is 6.58. The molecule has 142 valence electrons. The highest BCUT2D eigenvalue weighted by Crippen LogP contribution is 2.24. The summed E-state index contributed by atoms with van der Waals surface area (Å²) in [5.74, 6) is 0.857. The van der Waals surface area contributed by atoms with Gasteiger partial charge >= 0.3 is 0 Å². The maximum Gasteiger partial charge on any atom is 0.173 e. The van der Waals surface area contributed by atoms with Crippen LogP contribution in [-0.4, -0.2) is 44.3 Å². The van der Waals surface area contributed by atoms with Crippen molar-refractivity contribution in [3.05, 3.63) is 66.4 Å². The molecule has 2 aromatic carbocycles. The van der Waals surface area contributed by atoms with Crippen molar-refractivity contribution < 1.29 is 9.47 Å². The molecule has 0 amide bonds. The van der Waals surface area contributed by atoms with E-state index in [2.05, 4.69) is 41.4 Å². The molecule has 5 nitrogen and oxygen atoms in total. The lowest BCUT2D eigenvalue weighted by atomic mass is 10.00. The van der Waals surface area contributed by atoms with Crippen molar-refractivity contribution in [2.24, 2.45) is 10.7 Å². The van der Waals surface area contributed by atoms with Gasteiger partial charge < -0.3 is 14.4 Å². The number of nitrogens with two attached hydrogens (primary N) is 1. The van der Waals surface area contributed by atoms with Gasteiger partial charge in [-0.25, -0.2) is 0 Å². The van der Waals surface area contributed by atoms with Crippen LogP contribution in [0.25, 0.3) is 11.1 Å². The Hall–Kier alpha value is -2.63. The van der Waals surface area contributed by atoms with E-state index >= 15 is 0 Å². The Labute approximate surface area is 161 Å². The van der Waals surface area contributed by atoms with Gasteiger partial charge in [0, 0.05) is 26.1 Å². The zero-order chi connectivity index (χ0) is 19.1. The van der Waals surface area contributed by atoms with Gasteiger partial charge in [-0.1, -0.05) is 36.4 Å². The molecule has 0 saturated heterocycles. The number of hydrogen-bond acceptors (Lipinski definition) is 5. The van der Waals surface area contributed by atoms with E-state index in [0.717, 1.165) is 24.3 Å². The molecule has 0 bridgehead atoms. The summed E-state index contributed by atoms with van der Waals surface area (Å²) in [6, 6.07) is 16.8. The largest absolute Gasteiger partial charge is 0.491 e. The third-order valence-electron chi connectivity index (χ3n) is 4.56. The lowest BCUT2D eigenvalue weighted by molar-refractivity contribution is 0.146. The van der Waals surface area contributed by atoms with Crippen molar-refractivity contribution in [1.29, 1.82) is 0 Å². The molecule has 5 heteroatoms. The van der Waals surface area contributed by atoms with E-state index in [-0.39, 0.29) is 6.29 Å². The standard InChI is InChI=1S/C22H27N3O2/c1-25-13-12-20(24-22(25)23)9-6-17-4-3-5-19(16-17)18-7-10-21(11-8-18)27-15-14-26-2/h3-5,7-8,10-13,16,22H,6,9,14-15,23H2,1-2H3. The van der Waals surface area contributed by atoms with Crippen LogP contribution in [0.4, 0.5) is 0 Å². The number of hydrogen-bond donors (Lipinski definition) is 1. The van der Waals surface area contributed by atoms with Crippen molar-refractivity contribution in [1.82, 2.24) is 4.90 Å². The SMILES string of the molecule is COCCOc1ccc(-c2cccc(CCC3=NC(N)N(C)C=C3)c2)cc1.